The van der Waals surface area contributed by atoms with Gasteiger partial charge in [-0.05, 0) is 36.8 Å². The molecule has 0 aliphatic carbocycles. The van der Waals surface area contributed by atoms with E-state index in [-0.39, 0.29) is 18.5 Å². The minimum absolute atomic E-state index is 0.134. The highest BCUT2D eigenvalue weighted by Crippen LogP contribution is 2.35. The third-order valence-electron chi connectivity index (χ3n) is 4.46. The SMILES string of the molecule is COc1cc(N2CCCS2(=O)=O)ccc1NC(=O)c1ccc2c(c1)OCO2. The highest BCUT2D eigenvalue weighted by Gasteiger charge is 2.29. The van der Waals surface area contributed by atoms with E-state index in [4.69, 9.17) is 14.2 Å². The normalized spacial score (nSPS) is 17.0. The lowest BCUT2D eigenvalue weighted by molar-refractivity contribution is 0.102. The van der Waals surface area contributed by atoms with Crippen molar-refractivity contribution in [1.82, 2.24) is 0 Å². The number of ether oxygens (including phenoxy) is 3. The van der Waals surface area contributed by atoms with Crippen molar-refractivity contribution in [3.8, 4) is 17.2 Å². The number of rotatable bonds is 4. The predicted octanol–water partition coefficient (Wildman–Crippen LogP) is 2.22. The summed E-state index contributed by atoms with van der Waals surface area (Å²) in [5.74, 6) is 1.29. The number of carbonyl (C=O) groups excluding carboxylic acids is 1. The van der Waals surface area contributed by atoms with Gasteiger partial charge in [0.25, 0.3) is 5.91 Å². The van der Waals surface area contributed by atoms with Crippen LogP contribution >= 0.6 is 0 Å². The fraction of sp³-hybridized carbons (Fsp3) is 0.278. The van der Waals surface area contributed by atoms with Gasteiger partial charge in [0.2, 0.25) is 16.8 Å². The van der Waals surface area contributed by atoms with Crippen LogP contribution in [0.25, 0.3) is 0 Å². The van der Waals surface area contributed by atoms with Crippen LogP contribution in [0.3, 0.4) is 0 Å². The van der Waals surface area contributed by atoms with Gasteiger partial charge in [0, 0.05) is 18.2 Å². The Bertz CT molecular complexity index is 1000. The number of nitrogens with zero attached hydrogens (tertiary/aromatic N) is 1. The molecule has 2 aliphatic rings. The van der Waals surface area contributed by atoms with Crippen LogP contribution in [-0.4, -0.2) is 40.5 Å². The van der Waals surface area contributed by atoms with Crippen LogP contribution in [-0.2, 0) is 10.0 Å². The molecule has 1 N–H and O–H groups in total. The molecule has 0 radical (unpaired) electrons. The molecule has 1 saturated heterocycles. The molecule has 1 fully saturated rings. The Morgan fingerprint density at radius 2 is 1.96 bits per heavy atom. The first kappa shape index (κ1) is 17.5. The molecule has 1 amide bonds. The monoisotopic (exact) mass is 390 g/mol. The Hall–Kier alpha value is -2.94. The summed E-state index contributed by atoms with van der Waals surface area (Å²) in [4.78, 5) is 12.6. The number of benzene rings is 2. The van der Waals surface area contributed by atoms with Crippen LogP contribution in [0.15, 0.2) is 36.4 Å². The second kappa shape index (κ2) is 6.66. The Morgan fingerprint density at radius 1 is 1.15 bits per heavy atom. The Kier molecular flexibility index (Phi) is 4.31. The van der Waals surface area contributed by atoms with Gasteiger partial charge >= 0.3 is 0 Å². The van der Waals surface area contributed by atoms with Crippen molar-refractivity contribution < 1.29 is 27.4 Å². The molecule has 142 valence electrons. The number of nitrogens with one attached hydrogen (secondary N) is 1. The van der Waals surface area contributed by atoms with E-state index in [1.807, 2.05) is 0 Å². The fourth-order valence-electron chi connectivity index (χ4n) is 3.10. The van der Waals surface area contributed by atoms with Gasteiger partial charge in [0.1, 0.15) is 5.75 Å². The smallest absolute Gasteiger partial charge is 0.255 e. The first-order valence-electron chi connectivity index (χ1n) is 8.37. The number of amides is 1. The second-order valence-electron chi connectivity index (χ2n) is 6.15. The van der Waals surface area contributed by atoms with E-state index in [2.05, 4.69) is 5.32 Å². The molecule has 27 heavy (non-hydrogen) atoms. The van der Waals surface area contributed by atoms with E-state index in [1.165, 1.54) is 11.4 Å². The topological polar surface area (TPSA) is 94.2 Å². The zero-order valence-electron chi connectivity index (χ0n) is 14.6. The van der Waals surface area contributed by atoms with Crippen molar-refractivity contribution >= 4 is 27.3 Å². The van der Waals surface area contributed by atoms with Gasteiger partial charge in [0.05, 0.1) is 24.2 Å². The molecule has 0 atom stereocenters. The molecule has 0 spiro atoms. The minimum atomic E-state index is -3.29. The van der Waals surface area contributed by atoms with Gasteiger partial charge in [-0.2, -0.15) is 0 Å². The molecule has 0 saturated carbocycles. The highest BCUT2D eigenvalue weighted by atomic mass is 32.2. The summed E-state index contributed by atoms with van der Waals surface area (Å²) in [6.45, 7) is 0.573. The maximum Gasteiger partial charge on any atom is 0.255 e. The van der Waals surface area contributed by atoms with Crippen molar-refractivity contribution in [2.45, 2.75) is 6.42 Å². The number of fused-ring (bicyclic) bond motifs is 1. The number of methoxy groups -OCH3 is 1. The van der Waals surface area contributed by atoms with Crippen LogP contribution in [0.2, 0.25) is 0 Å². The molecule has 4 rings (SSSR count). The highest BCUT2D eigenvalue weighted by molar-refractivity contribution is 7.93. The van der Waals surface area contributed by atoms with Gasteiger partial charge < -0.3 is 19.5 Å². The number of sulfonamides is 1. The molecular weight excluding hydrogens is 372 g/mol. The van der Waals surface area contributed by atoms with E-state index < -0.39 is 10.0 Å². The van der Waals surface area contributed by atoms with Crippen molar-refractivity contribution in [2.75, 3.05) is 35.8 Å². The zero-order valence-corrected chi connectivity index (χ0v) is 15.4. The van der Waals surface area contributed by atoms with Crippen LogP contribution in [0.4, 0.5) is 11.4 Å². The first-order chi connectivity index (χ1) is 13.0. The number of hydrogen-bond acceptors (Lipinski definition) is 6. The molecule has 0 bridgehead atoms. The summed E-state index contributed by atoms with van der Waals surface area (Å²) in [6, 6.07) is 9.82. The predicted molar refractivity (Wildman–Crippen MR) is 99.3 cm³/mol. The van der Waals surface area contributed by atoms with Gasteiger partial charge in [-0.3, -0.25) is 9.10 Å². The lowest BCUT2D eigenvalue weighted by atomic mass is 10.1. The van der Waals surface area contributed by atoms with Crippen molar-refractivity contribution in [1.29, 1.82) is 0 Å². The molecule has 8 nitrogen and oxygen atoms in total. The molecule has 0 unspecified atom stereocenters. The molecular formula is C18H18N2O6S. The Balaban J connectivity index is 1.57. The molecule has 2 heterocycles. The lowest BCUT2D eigenvalue weighted by Gasteiger charge is -2.19. The molecule has 9 heteroatoms. The van der Waals surface area contributed by atoms with E-state index in [9.17, 15) is 13.2 Å². The van der Waals surface area contributed by atoms with Crippen molar-refractivity contribution in [3.05, 3.63) is 42.0 Å². The zero-order chi connectivity index (χ0) is 19.0. The van der Waals surface area contributed by atoms with Crippen LogP contribution < -0.4 is 23.8 Å². The lowest BCUT2D eigenvalue weighted by Crippen LogP contribution is -2.25. The third kappa shape index (κ3) is 3.25. The fourth-order valence-corrected chi connectivity index (χ4v) is 4.66. The minimum Gasteiger partial charge on any atom is -0.494 e. The number of carbonyl (C=O) groups is 1. The average molecular weight is 390 g/mol. The molecule has 2 aromatic rings. The Morgan fingerprint density at radius 3 is 2.70 bits per heavy atom. The van der Waals surface area contributed by atoms with E-state index in [0.717, 1.165) is 0 Å². The maximum atomic E-state index is 12.6. The quantitative estimate of drug-likeness (QED) is 0.860. The van der Waals surface area contributed by atoms with Gasteiger partial charge in [-0.25, -0.2) is 8.42 Å². The maximum absolute atomic E-state index is 12.6. The third-order valence-corrected chi connectivity index (χ3v) is 6.32. The Labute approximate surface area is 156 Å². The molecule has 2 aliphatic heterocycles. The summed E-state index contributed by atoms with van der Waals surface area (Å²) in [5.41, 5.74) is 1.37. The molecule has 2 aromatic carbocycles. The summed E-state index contributed by atoms with van der Waals surface area (Å²) < 4.78 is 41.4. The van der Waals surface area contributed by atoms with E-state index >= 15 is 0 Å². The van der Waals surface area contributed by atoms with Gasteiger partial charge in [0.15, 0.2) is 11.5 Å². The number of anilines is 2. The molecule has 0 aromatic heterocycles. The number of hydrogen-bond donors (Lipinski definition) is 1. The summed E-state index contributed by atoms with van der Waals surface area (Å²) in [6.07, 6.45) is 0.591. The first-order valence-corrected chi connectivity index (χ1v) is 9.98. The standard InChI is InChI=1S/C18H18N2O6S/c1-24-16-10-13(20-7-2-8-27(20,22)23)4-5-14(16)19-18(21)12-3-6-15-17(9-12)26-11-25-15/h3-6,9-10H,2,7-8,11H2,1H3,(H,19,21). The van der Waals surface area contributed by atoms with E-state index in [0.29, 0.717) is 47.2 Å². The van der Waals surface area contributed by atoms with Gasteiger partial charge in [-0.1, -0.05) is 0 Å². The van der Waals surface area contributed by atoms with Crippen LogP contribution in [0.5, 0.6) is 17.2 Å². The second-order valence-corrected chi connectivity index (χ2v) is 8.16. The van der Waals surface area contributed by atoms with Crippen LogP contribution in [0, 0.1) is 0 Å². The van der Waals surface area contributed by atoms with Crippen molar-refractivity contribution in [2.24, 2.45) is 0 Å². The summed E-state index contributed by atoms with van der Waals surface area (Å²) >= 11 is 0. The van der Waals surface area contributed by atoms with Gasteiger partial charge in [-0.15, -0.1) is 0 Å². The van der Waals surface area contributed by atoms with Crippen molar-refractivity contribution in [3.63, 3.8) is 0 Å². The summed E-state index contributed by atoms with van der Waals surface area (Å²) in [5, 5.41) is 2.78. The summed E-state index contributed by atoms with van der Waals surface area (Å²) in [7, 11) is -1.82. The average Bonchev–Trinajstić information content (AvgIpc) is 3.26. The van der Waals surface area contributed by atoms with Crippen LogP contribution in [0.1, 0.15) is 16.8 Å². The van der Waals surface area contributed by atoms with E-state index in [1.54, 1.807) is 36.4 Å². The largest absolute Gasteiger partial charge is 0.494 e.